The second-order valence-electron chi connectivity index (χ2n) is 5.42. The number of carbonyl (C=O) groups excluding carboxylic acids is 1. The Labute approximate surface area is 122 Å². The first-order valence-corrected chi connectivity index (χ1v) is 8.04. The Morgan fingerprint density at radius 3 is 2.86 bits per heavy atom. The van der Waals surface area contributed by atoms with Crippen molar-refractivity contribution in [3.63, 3.8) is 0 Å². The average molecular weight is 303 g/mol. The second kappa shape index (κ2) is 4.00. The van der Waals surface area contributed by atoms with Crippen LogP contribution in [-0.4, -0.2) is 36.9 Å². The number of hydrogen-bond donors (Lipinski definition) is 0. The van der Waals surface area contributed by atoms with Crippen molar-refractivity contribution in [2.45, 2.75) is 18.3 Å². The molecule has 1 unspecified atom stereocenters. The molecule has 1 aromatic carbocycles. The molecular formula is C14H13N3O3S. The highest BCUT2D eigenvalue weighted by Gasteiger charge is 2.53. The van der Waals surface area contributed by atoms with Gasteiger partial charge in [-0.05, 0) is 19.1 Å². The predicted octanol–water partition coefficient (Wildman–Crippen LogP) is 0.174. The zero-order valence-corrected chi connectivity index (χ0v) is 12.2. The third-order valence-electron chi connectivity index (χ3n) is 4.33. The summed E-state index contributed by atoms with van der Waals surface area (Å²) in [5, 5.41) is 0.481. The summed E-state index contributed by atoms with van der Waals surface area (Å²) in [5.41, 5.74) is 0.335. The number of para-hydroxylation sites is 1. The van der Waals surface area contributed by atoms with Crippen LogP contribution in [0.1, 0.15) is 12.7 Å². The van der Waals surface area contributed by atoms with Crippen molar-refractivity contribution >= 4 is 27.6 Å². The summed E-state index contributed by atoms with van der Waals surface area (Å²) in [4.78, 5) is 30.0. The normalized spacial score (nSPS) is 27.8. The molecule has 2 aromatic rings. The zero-order chi connectivity index (χ0) is 14.8. The van der Waals surface area contributed by atoms with Crippen molar-refractivity contribution in [3.8, 4) is 0 Å². The van der Waals surface area contributed by atoms with Gasteiger partial charge in [0.1, 0.15) is 6.54 Å². The highest BCUT2D eigenvalue weighted by molar-refractivity contribution is 7.86. The molecule has 2 atom stereocenters. The molecule has 4 rings (SSSR count). The quantitative estimate of drug-likeness (QED) is 0.696. The Kier molecular flexibility index (Phi) is 2.42. The lowest BCUT2D eigenvalue weighted by Gasteiger charge is -2.38. The molecular weight excluding hydrogens is 290 g/mol. The van der Waals surface area contributed by atoms with E-state index in [0.717, 1.165) is 0 Å². The molecule has 6 nitrogen and oxygen atoms in total. The first kappa shape index (κ1) is 12.7. The number of benzene rings is 1. The van der Waals surface area contributed by atoms with Crippen molar-refractivity contribution in [2.75, 3.05) is 12.3 Å². The number of carbonyl (C=O) groups is 1. The van der Waals surface area contributed by atoms with Gasteiger partial charge in [0, 0.05) is 12.3 Å². The highest BCUT2D eigenvalue weighted by Crippen LogP contribution is 2.38. The highest BCUT2D eigenvalue weighted by atomic mass is 32.2. The molecule has 0 radical (unpaired) electrons. The largest absolute Gasteiger partial charge is 0.317 e. The first-order valence-electron chi connectivity index (χ1n) is 6.72. The van der Waals surface area contributed by atoms with Crippen molar-refractivity contribution in [1.29, 1.82) is 0 Å². The summed E-state index contributed by atoms with van der Waals surface area (Å²) in [6.45, 7) is 2.16. The maximum atomic E-state index is 12.6. The van der Waals surface area contributed by atoms with Gasteiger partial charge >= 0.3 is 0 Å². The van der Waals surface area contributed by atoms with Crippen LogP contribution in [-0.2, 0) is 27.0 Å². The lowest BCUT2D eigenvalue weighted by molar-refractivity contribution is -0.136. The number of rotatable bonds is 0. The minimum atomic E-state index is -1.26. The van der Waals surface area contributed by atoms with Crippen LogP contribution >= 0.6 is 0 Å². The van der Waals surface area contributed by atoms with Crippen molar-refractivity contribution in [3.05, 3.63) is 40.4 Å². The fourth-order valence-electron chi connectivity index (χ4n) is 3.18. The number of hydrogen-bond acceptors (Lipinski definition) is 4. The molecule has 1 saturated heterocycles. The van der Waals surface area contributed by atoms with Crippen LogP contribution in [0.3, 0.4) is 0 Å². The minimum absolute atomic E-state index is 0.0290. The van der Waals surface area contributed by atoms with Crippen molar-refractivity contribution in [1.82, 2.24) is 14.5 Å². The molecule has 0 saturated carbocycles. The van der Waals surface area contributed by atoms with Crippen molar-refractivity contribution in [2.24, 2.45) is 0 Å². The molecule has 0 aliphatic carbocycles. The molecule has 108 valence electrons. The lowest BCUT2D eigenvalue weighted by atomic mass is 10.1. The predicted molar refractivity (Wildman–Crippen MR) is 78.1 cm³/mol. The standard InChI is InChI=1S/C14H13N3O3S/c1-14-13-15-10-5-3-2-4-9(10)12(19)16(13)8-11(18)17(14)6-7-21(14)20/h2-5H,6-8H2,1H3/t14-,21?/m1/s1. The van der Waals surface area contributed by atoms with E-state index in [1.165, 1.54) is 4.57 Å². The van der Waals surface area contributed by atoms with Gasteiger partial charge in [-0.25, -0.2) is 4.98 Å². The van der Waals surface area contributed by atoms with Gasteiger partial charge in [0.25, 0.3) is 5.56 Å². The molecule has 0 bridgehead atoms. The second-order valence-corrected chi connectivity index (χ2v) is 7.32. The van der Waals surface area contributed by atoms with E-state index in [0.29, 0.717) is 29.0 Å². The van der Waals surface area contributed by atoms with Gasteiger partial charge in [0.05, 0.1) is 21.7 Å². The summed E-state index contributed by atoms with van der Waals surface area (Å²) in [7, 11) is -1.26. The number of amides is 1. The Morgan fingerprint density at radius 1 is 1.29 bits per heavy atom. The van der Waals surface area contributed by atoms with Gasteiger partial charge < -0.3 is 4.90 Å². The van der Waals surface area contributed by atoms with E-state index < -0.39 is 15.7 Å². The SMILES string of the molecule is C[C@@]12c3nc4ccccc4c(=O)n3CC(=O)N1CCS2=O. The lowest BCUT2D eigenvalue weighted by Crippen LogP contribution is -2.54. The molecule has 0 N–H and O–H groups in total. The third-order valence-corrected chi connectivity index (χ3v) is 6.17. The molecule has 1 amide bonds. The molecule has 0 spiro atoms. The Hall–Kier alpha value is -2.02. The fourth-order valence-corrected chi connectivity index (χ4v) is 4.73. The Balaban J connectivity index is 2.13. The number of aromatic nitrogens is 2. The van der Waals surface area contributed by atoms with E-state index in [-0.39, 0.29) is 18.0 Å². The summed E-state index contributed by atoms with van der Waals surface area (Å²) in [6.07, 6.45) is 0. The maximum Gasteiger partial charge on any atom is 0.261 e. The monoisotopic (exact) mass is 303 g/mol. The van der Waals surface area contributed by atoms with Gasteiger partial charge in [-0.1, -0.05) is 12.1 Å². The topological polar surface area (TPSA) is 72.3 Å². The minimum Gasteiger partial charge on any atom is -0.317 e. The zero-order valence-electron chi connectivity index (χ0n) is 11.4. The van der Waals surface area contributed by atoms with Gasteiger partial charge in [-0.3, -0.25) is 18.4 Å². The van der Waals surface area contributed by atoms with Crippen LogP contribution in [0, 0.1) is 0 Å². The third kappa shape index (κ3) is 1.47. The van der Waals surface area contributed by atoms with E-state index in [1.54, 1.807) is 30.0 Å². The Bertz CT molecular complexity index is 875. The summed E-state index contributed by atoms with van der Waals surface area (Å²) in [5.74, 6) is 0.682. The van der Waals surface area contributed by atoms with Crippen LogP contribution in [0.5, 0.6) is 0 Å². The summed E-state index contributed by atoms with van der Waals surface area (Å²) < 4.78 is 13.8. The first-order chi connectivity index (χ1) is 10.0. The maximum absolute atomic E-state index is 12.6. The fraction of sp³-hybridized carbons (Fsp3) is 0.357. The molecule has 21 heavy (non-hydrogen) atoms. The van der Waals surface area contributed by atoms with Gasteiger partial charge in [-0.2, -0.15) is 0 Å². The van der Waals surface area contributed by atoms with Crippen LogP contribution in [0.4, 0.5) is 0 Å². The van der Waals surface area contributed by atoms with Gasteiger partial charge in [0.2, 0.25) is 5.91 Å². The molecule has 2 aliphatic rings. The van der Waals surface area contributed by atoms with Crippen LogP contribution in [0.2, 0.25) is 0 Å². The van der Waals surface area contributed by atoms with E-state index in [1.807, 2.05) is 6.07 Å². The van der Waals surface area contributed by atoms with Gasteiger partial charge in [0.15, 0.2) is 10.7 Å². The molecule has 2 aliphatic heterocycles. The molecule has 1 aromatic heterocycles. The average Bonchev–Trinajstić information content (AvgIpc) is 2.79. The van der Waals surface area contributed by atoms with E-state index in [4.69, 9.17) is 0 Å². The van der Waals surface area contributed by atoms with E-state index >= 15 is 0 Å². The molecule has 3 heterocycles. The van der Waals surface area contributed by atoms with Crippen molar-refractivity contribution < 1.29 is 9.00 Å². The van der Waals surface area contributed by atoms with Crippen LogP contribution < -0.4 is 5.56 Å². The van der Waals surface area contributed by atoms with E-state index in [2.05, 4.69) is 4.98 Å². The smallest absolute Gasteiger partial charge is 0.261 e. The van der Waals surface area contributed by atoms with Crippen LogP contribution in [0.25, 0.3) is 10.9 Å². The number of fused-ring (bicyclic) bond motifs is 4. The van der Waals surface area contributed by atoms with E-state index in [9.17, 15) is 13.8 Å². The molecule has 1 fully saturated rings. The van der Waals surface area contributed by atoms with Gasteiger partial charge in [-0.15, -0.1) is 0 Å². The number of nitrogens with zero attached hydrogens (tertiary/aromatic N) is 3. The summed E-state index contributed by atoms with van der Waals surface area (Å²) in [6, 6.07) is 7.04. The summed E-state index contributed by atoms with van der Waals surface area (Å²) >= 11 is 0. The Morgan fingerprint density at radius 2 is 2.05 bits per heavy atom. The molecule has 7 heteroatoms. The van der Waals surface area contributed by atoms with Crippen LogP contribution in [0.15, 0.2) is 29.1 Å².